The molecule has 0 spiro atoms. The third-order valence-corrected chi connectivity index (χ3v) is 9.18. The van der Waals surface area contributed by atoms with E-state index in [1.807, 2.05) is 43.3 Å². The first-order valence-corrected chi connectivity index (χ1v) is 19.1. The zero-order valence-corrected chi connectivity index (χ0v) is 35.1. The Labute approximate surface area is 372 Å². The summed E-state index contributed by atoms with van der Waals surface area (Å²) in [5.41, 5.74) is 2.52. The maximum Gasteiger partial charge on any atom is 0.418 e. The first kappa shape index (κ1) is 47.9. The van der Waals surface area contributed by atoms with Crippen molar-refractivity contribution in [1.82, 2.24) is 0 Å². The molecule has 0 aliphatic heterocycles. The molecule has 19 heteroatoms. The van der Waals surface area contributed by atoms with Crippen LogP contribution in [0.1, 0.15) is 33.4 Å². The van der Waals surface area contributed by atoms with Crippen molar-refractivity contribution in [2.45, 2.75) is 20.0 Å². The topological polar surface area (TPSA) is 255 Å². The predicted molar refractivity (Wildman–Crippen MR) is 238 cm³/mol. The van der Waals surface area contributed by atoms with Crippen LogP contribution in [-0.2, 0) is 6.18 Å². The second kappa shape index (κ2) is 22.2. The van der Waals surface area contributed by atoms with Crippen molar-refractivity contribution >= 4 is 68.1 Å². The van der Waals surface area contributed by atoms with Crippen molar-refractivity contribution in [2.75, 3.05) is 31.9 Å². The summed E-state index contributed by atoms with van der Waals surface area (Å²) in [5.74, 6) is -0.757. The fourth-order valence-corrected chi connectivity index (χ4v) is 5.67. The van der Waals surface area contributed by atoms with Gasteiger partial charge in [0.15, 0.2) is 5.75 Å². The monoisotopic (exact) mass is 933 g/mol. The van der Waals surface area contributed by atoms with Gasteiger partial charge in [-0.2, -0.15) is 29.0 Å². The summed E-state index contributed by atoms with van der Waals surface area (Å²) in [6.45, 7) is 3.60. The molecule has 0 bridgehead atoms. The third kappa shape index (κ3) is 13.6. The quantitative estimate of drug-likeness (QED) is 0.0719. The summed E-state index contributed by atoms with van der Waals surface area (Å²) in [6, 6.07) is 34.0. The number of carbonyl (C=O) groups excluding carboxylic acids is 3. The number of carbonyl (C=O) groups is 3. The first-order valence-electron chi connectivity index (χ1n) is 18.3. The molecule has 0 fully saturated rings. The Morgan fingerprint density at radius 1 is 0.516 bits per heavy atom. The van der Waals surface area contributed by atoms with Gasteiger partial charge in [-0.1, -0.05) is 48.5 Å². The number of alkyl halides is 3. The maximum atomic E-state index is 12.8. The normalized spacial score (nSPS) is 10.0. The third-order valence-electron chi connectivity index (χ3n) is 8.49. The van der Waals surface area contributed by atoms with Gasteiger partial charge in [0.1, 0.15) is 17.6 Å². The number of phenolic OH excluding ortho intramolecular Hbond substituents is 3. The lowest BCUT2D eigenvalue weighted by Gasteiger charge is -2.14. The van der Waals surface area contributed by atoms with E-state index >= 15 is 0 Å². The molecule has 6 aromatic rings. The summed E-state index contributed by atoms with van der Waals surface area (Å²) in [7, 11) is 0. The van der Waals surface area contributed by atoms with Crippen LogP contribution in [0.4, 0.5) is 61.7 Å². The van der Waals surface area contributed by atoms with Crippen LogP contribution in [0.5, 0.6) is 17.2 Å². The van der Waals surface area contributed by atoms with Gasteiger partial charge in [-0.05, 0) is 114 Å². The van der Waals surface area contributed by atoms with Crippen LogP contribution in [0.2, 0.25) is 0 Å². The predicted octanol–water partition coefficient (Wildman–Crippen LogP) is 11.1. The van der Waals surface area contributed by atoms with E-state index in [0.717, 1.165) is 28.2 Å². The average Bonchev–Trinajstić information content (AvgIpc) is 3.25. The molecule has 0 radical (unpaired) electrons. The van der Waals surface area contributed by atoms with Crippen molar-refractivity contribution in [3.05, 3.63) is 159 Å². The second-order valence-electron chi connectivity index (χ2n) is 13.0. The molecule has 0 atom stereocenters. The summed E-state index contributed by atoms with van der Waals surface area (Å²) in [5, 5.41) is 70.3. The summed E-state index contributed by atoms with van der Waals surface area (Å²) < 4.78 is 39.2. The van der Waals surface area contributed by atoms with E-state index in [0.29, 0.717) is 22.5 Å². The van der Waals surface area contributed by atoms with E-state index in [2.05, 4.69) is 47.8 Å². The number of urea groups is 3. The van der Waals surface area contributed by atoms with E-state index in [9.17, 15) is 42.9 Å². The van der Waals surface area contributed by atoms with Gasteiger partial charge in [0.2, 0.25) is 0 Å². The average molecular weight is 935 g/mol. The molecule has 64 heavy (non-hydrogen) atoms. The zero-order chi connectivity index (χ0) is 47.0. The van der Waals surface area contributed by atoms with Crippen LogP contribution in [0.25, 0.3) is 0 Å². The number of para-hydroxylation sites is 3. The Kier molecular flexibility index (Phi) is 16.6. The molecule has 0 saturated heterocycles. The Hall–Kier alpha value is -8.73. The number of phenols is 3. The van der Waals surface area contributed by atoms with Gasteiger partial charge in [-0.15, -0.1) is 0 Å². The SMILES string of the molecule is Cc1ccc(NC(=O)Nc2ccccc2Br)c(O)c1C#N.Cc1ccccc1NC(=O)Nc1ccc(C#N)cc1O.N#Cc1ccc(NC(=O)Nc2ccccc2C(F)(F)F)c(O)c1. The van der Waals surface area contributed by atoms with Crippen molar-refractivity contribution in [3.63, 3.8) is 0 Å². The van der Waals surface area contributed by atoms with Gasteiger partial charge < -0.3 is 47.2 Å². The number of nitrogens with one attached hydrogen (secondary N) is 6. The van der Waals surface area contributed by atoms with E-state index in [-0.39, 0.29) is 45.4 Å². The molecule has 0 saturated carbocycles. The zero-order valence-electron chi connectivity index (χ0n) is 33.5. The number of amides is 6. The van der Waals surface area contributed by atoms with Gasteiger partial charge in [0.25, 0.3) is 0 Å². The standard InChI is InChI=1S/C15H12BrN3O2.C15H10F3N3O2.C15H13N3O2/c1-9-6-7-13(14(20)10(9)8-17)19-15(21)18-12-5-3-2-4-11(12)16;16-15(17,18)10-3-1-2-4-11(10)20-14(23)21-12-6-5-9(8-19)7-13(12)22;1-10-4-2-3-5-12(10)17-15(20)18-13-7-6-11(9-16)8-14(13)19/h2-7,20H,1H3,(H2,18,19,21);1-7,22H,(H2,20,21,23);2-8,19H,1H3,(H2,17,18,20). The molecule has 15 nitrogen and oxygen atoms in total. The smallest absolute Gasteiger partial charge is 0.418 e. The number of nitriles is 3. The van der Waals surface area contributed by atoms with Crippen molar-refractivity contribution in [3.8, 4) is 35.5 Å². The van der Waals surface area contributed by atoms with Crippen LogP contribution in [-0.4, -0.2) is 33.4 Å². The van der Waals surface area contributed by atoms with E-state index in [1.54, 1.807) is 49.4 Å². The highest BCUT2D eigenvalue weighted by molar-refractivity contribution is 9.10. The molecule has 0 aromatic heterocycles. The van der Waals surface area contributed by atoms with Crippen LogP contribution in [0, 0.1) is 47.8 Å². The van der Waals surface area contributed by atoms with E-state index in [1.165, 1.54) is 42.5 Å². The number of benzene rings is 6. The van der Waals surface area contributed by atoms with Gasteiger partial charge >= 0.3 is 24.3 Å². The Bertz CT molecular complexity index is 2820. The number of rotatable bonds is 6. The number of hydrogen-bond acceptors (Lipinski definition) is 9. The van der Waals surface area contributed by atoms with Crippen molar-refractivity contribution < 1.29 is 42.9 Å². The highest BCUT2D eigenvalue weighted by atomic mass is 79.9. The number of aryl methyl sites for hydroxylation is 2. The Balaban J connectivity index is 0.000000211. The van der Waals surface area contributed by atoms with Crippen LogP contribution in [0.15, 0.2) is 126 Å². The van der Waals surface area contributed by atoms with Gasteiger partial charge in [0, 0.05) is 10.2 Å². The molecular formula is C45H35BrF3N9O6. The molecule has 6 rings (SSSR count). The van der Waals surface area contributed by atoms with Crippen LogP contribution >= 0.6 is 15.9 Å². The van der Waals surface area contributed by atoms with Crippen LogP contribution < -0.4 is 31.9 Å². The molecule has 0 unspecified atom stereocenters. The van der Waals surface area contributed by atoms with Crippen molar-refractivity contribution in [1.29, 1.82) is 15.8 Å². The molecule has 6 aromatic carbocycles. The highest BCUT2D eigenvalue weighted by Gasteiger charge is 2.33. The molecule has 0 heterocycles. The Morgan fingerprint density at radius 3 is 1.42 bits per heavy atom. The second-order valence-corrected chi connectivity index (χ2v) is 13.9. The maximum absolute atomic E-state index is 12.8. The molecular weight excluding hydrogens is 899 g/mol. The largest absolute Gasteiger partial charge is 0.506 e. The molecule has 324 valence electrons. The van der Waals surface area contributed by atoms with Gasteiger partial charge in [-0.25, -0.2) is 14.4 Å². The lowest BCUT2D eigenvalue weighted by atomic mass is 10.1. The number of anilines is 6. The van der Waals surface area contributed by atoms with E-state index < -0.39 is 35.5 Å². The molecule has 6 amide bonds. The summed E-state index contributed by atoms with van der Waals surface area (Å²) in [6.07, 6.45) is -4.61. The minimum Gasteiger partial charge on any atom is -0.506 e. The van der Waals surface area contributed by atoms with Crippen LogP contribution in [0.3, 0.4) is 0 Å². The highest BCUT2D eigenvalue weighted by Crippen LogP contribution is 2.35. The fourth-order valence-electron chi connectivity index (χ4n) is 5.29. The van der Waals surface area contributed by atoms with Crippen molar-refractivity contribution in [2.24, 2.45) is 0 Å². The summed E-state index contributed by atoms with van der Waals surface area (Å²) >= 11 is 3.32. The Morgan fingerprint density at radius 2 is 0.938 bits per heavy atom. The lowest BCUT2D eigenvalue weighted by molar-refractivity contribution is -0.136. The molecule has 0 aliphatic rings. The van der Waals surface area contributed by atoms with Gasteiger partial charge in [0.05, 0.1) is 62.8 Å². The number of nitrogens with zero attached hydrogens (tertiary/aromatic N) is 3. The fraction of sp³-hybridized carbons (Fsp3) is 0.0667. The minimum absolute atomic E-state index is 0.0361. The number of aromatic hydroxyl groups is 3. The molecule has 9 N–H and O–H groups in total. The number of halogens is 4. The summed E-state index contributed by atoms with van der Waals surface area (Å²) in [4.78, 5) is 35.6. The molecule has 0 aliphatic carbocycles. The number of hydrogen-bond donors (Lipinski definition) is 9. The minimum atomic E-state index is -4.61. The lowest BCUT2D eigenvalue weighted by Crippen LogP contribution is -2.21. The first-order chi connectivity index (χ1) is 30.4. The van der Waals surface area contributed by atoms with Gasteiger partial charge in [-0.3, -0.25) is 0 Å². The van der Waals surface area contributed by atoms with E-state index in [4.69, 9.17) is 15.8 Å².